The van der Waals surface area contributed by atoms with Crippen molar-refractivity contribution in [3.05, 3.63) is 66.6 Å². The zero-order valence-electron chi connectivity index (χ0n) is 20.8. The second-order valence-corrected chi connectivity index (χ2v) is 10.6. The summed E-state index contributed by atoms with van der Waals surface area (Å²) in [5, 5.41) is 7.91. The fourth-order valence-corrected chi connectivity index (χ4v) is 6.61. The lowest BCUT2D eigenvalue weighted by Gasteiger charge is -2.40. The number of fused-ring (bicyclic) bond motifs is 3. The Balaban J connectivity index is 1.17. The maximum Gasteiger partial charge on any atom is 0.240 e. The number of carbonyl (C=O) groups excluding carboxylic acids is 1. The number of nitrogens with one attached hydrogen (secondary N) is 1. The first-order chi connectivity index (χ1) is 18.2. The molecular formula is C29H31N7O. The number of nitrogens with two attached hydrogens (primary N) is 1. The molecule has 8 heteroatoms. The molecule has 4 atom stereocenters. The van der Waals surface area contributed by atoms with Crippen molar-refractivity contribution < 1.29 is 4.79 Å². The van der Waals surface area contributed by atoms with Crippen LogP contribution >= 0.6 is 0 Å². The highest BCUT2D eigenvalue weighted by molar-refractivity contribution is 5.83. The normalized spacial score (nSPS) is 25.1. The quantitative estimate of drug-likeness (QED) is 0.445. The molecule has 0 radical (unpaired) electrons. The van der Waals surface area contributed by atoms with Gasteiger partial charge in [0, 0.05) is 52.6 Å². The highest BCUT2D eigenvalue weighted by atomic mass is 16.2. The largest absolute Gasteiger partial charge is 0.384 e. The van der Waals surface area contributed by atoms with Crippen LogP contribution in [-0.4, -0.2) is 55.1 Å². The van der Waals surface area contributed by atoms with E-state index in [-0.39, 0.29) is 24.0 Å². The summed E-state index contributed by atoms with van der Waals surface area (Å²) in [5.41, 5.74) is 12.1. The summed E-state index contributed by atoms with van der Waals surface area (Å²) in [5.74, 6) is 1.17. The van der Waals surface area contributed by atoms with Gasteiger partial charge in [0.2, 0.25) is 5.91 Å². The number of anilines is 1. The molecule has 0 aliphatic carbocycles. The van der Waals surface area contributed by atoms with Crippen molar-refractivity contribution in [2.45, 2.75) is 62.6 Å². The summed E-state index contributed by atoms with van der Waals surface area (Å²) in [4.78, 5) is 25.2. The fourth-order valence-electron chi connectivity index (χ4n) is 6.61. The minimum Gasteiger partial charge on any atom is -0.384 e. The lowest BCUT2D eigenvalue weighted by atomic mass is 9.87. The summed E-state index contributed by atoms with van der Waals surface area (Å²) in [6.45, 7) is 0.948. The van der Waals surface area contributed by atoms with Crippen molar-refractivity contribution in [1.29, 1.82) is 0 Å². The second kappa shape index (κ2) is 8.95. The van der Waals surface area contributed by atoms with Gasteiger partial charge in [0.15, 0.2) is 5.65 Å². The summed E-state index contributed by atoms with van der Waals surface area (Å²) in [6, 6.07) is 16.8. The van der Waals surface area contributed by atoms with Crippen molar-refractivity contribution >= 4 is 17.4 Å². The first kappa shape index (κ1) is 22.4. The molecule has 1 unspecified atom stereocenters. The predicted octanol–water partition coefficient (Wildman–Crippen LogP) is 4.03. The van der Waals surface area contributed by atoms with E-state index in [0.29, 0.717) is 11.7 Å². The second-order valence-electron chi connectivity index (χ2n) is 10.6. The average molecular weight is 494 g/mol. The molecule has 7 rings (SSSR count). The van der Waals surface area contributed by atoms with Gasteiger partial charge in [0.05, 0.1) is 17.9 Å². The molecule has 3 saturated heterocycles. The van der Waals surface area contributed by atoms with Gasteiger partial charge in [-0.25, -0.2) is 4.98 Å². The monoisotopic (exact) mass is 493 g/mol. The number of amides is 1. The van der Waals surface area contributed by atoms with Gasteiger partial charge in [-0.05, 0) is 51.1 Å². The van der Waals surface area contributed by atoms with Crippen LogP contribution in [0.4, 0.5) is 5.82 Å². The Labute approximate surface area is 215 Å². The highest BCUT2D eigenvalue weighted by Gasteiger charge is 2.45. The minimum absolute atomic E-state index is 0.000935. The third-order valence-electron chi connectivity index (χ3n) is 8.43. The summed E-state index contributed by atoms with van der Waals surface area (Å²) in [7, 11) is 0. The van der Waals surface area contributed by atoms with E-state index in [9.17, 15) is 4.79 Å². The van der Waals surface area contributed by atoms with E-state index in [2.05, 4.69) is 33.5 Å². The molecule has 3 aromatic heterocycles. The maximum atomic E-state index is 13.2. The van der Waals surface area contributed by atoms with Gasteiger partial charge in [-0.2, -0.15) is 9.61 Å². The van der Waals surface area contributed by atoms with Crippen molar-refractivity contribution in [3.8, 4) is 22.4 Å². The molecule has 3 fully saturated rings. The molecule has 3 aliphatic rings. The predicted molar refractivity (Wildman–Crippen MR) is 143 cm³/mol. The minimum atomic E-state index is 0.000935. The first-order valence-electron chi connectivity index (χ1n) is 13.4. The Morgan fingerprint density at radius 3 is 2.49 bits per heavy atom. The van der Waals surface area contributed by atoms with Gasteiger partial charge in [0.1, 0.15) is 5.82 Å². The van der Waals surface area contributed by atoms with Gasteiger partial charge in [-0.1, -0.05) is 36.4 Å². The average Bonchev–Trinajstić information content (AvgIpc) is 3.68. The lowest BCUT2D eigenvalue weighted by Crippen LogP contribution is -2.52. The van der Waals surface area contributed by atoms with E-state index in [0.717, 1.165) is 78.8 Å². The molecule has 1 aromatic carbocycles. The first-order valence-corrected chi connectivity index (χ1v) is 13.4. The number of nitrogens with zero attached hydrogens (tertiary/aromatic N) is 5. The molecule has 3 N–H and O–H groups in total. The molecule has 1 amide bonds. The van der Waals surface area contributed by atoms with E-state index in [1.165, 1.54) is 0 Å². The SMILES string of the molecule is Nc1cc(C2C[C@H]3CC[C@@H](C2)N3C(=O)[C@H]2CCCN2)nc2c(-c3ccc(-c4ccccc4)nc3)cnn12. The Hall–Kier alpha value is -3.78. The number of piperidine rings is 1. The highest BCUT2D eigenvalue weighted by Crippen LogP contribution is 2.44. The van der Waals surface area contributed by atoms with Gasteiger partial charge < -0.3 is 16.0 Å². The van der Waals surface area contributed by atoms with Gasteiger partial charge >= 0.3 is 0 Å². The van der Waals surface area contributed by atoms with Crippen LogP contribution < -0.4 is 11.1 Å². The Kier molecular flexibility index (Phi) is 5.43. The van der Waals surface area contributed by atoms with E-state index in [4.69, 9.17) is 15.7 Å². The number of nitrogen functional groups attached to an aromatic ring is 1. The topological polar surface area (TPSA) is 101 Å². The number of pyridine rings is 1. The molecule has 2 bridgehead atoms. The van der Waals surface area contributed by atoms with Crippen molar-refractivity contribution in [1.82, 2.24) is 29.8 Å². The zero-order valence-corrected chi connectivity index (χ0v) is 20.8. The summed E-state index contributed by atoms with van der Waals surface area (Å²) in [6.07, 6.45) is 9.78. The van der Waals surface area contributed by atoms with Gasteiger partial charge in [-0.15, -0.1) is 0 Å². The Bertz CT molecular complexity index is 1430. The third-order valence-corrected chi connectivity index (χ3v) is 8.43. The number of rotatable bonds is 4. The maximum absolute atomic E-state index is 13.2. The number of carbonyl (C=O) groups is 1. The molecule has 0 saturated carbocycles. The molecular weight excluding hydrogens is 462 g/mol. The van der Waals surface area contributed by atoms with Crippen LogP contribution in [0.1, 0.15) is 50.1 Å². The number of hydrogen-bond acceptors (Lipinski definition) is 6. The summed E-state index contributed by atoms with van der Waals surface area (Å²) >= 11 is 0. The van der Waals surface area contributed by atoms with E-state index < -0.39 is 0 Å². The number of hydrogen-bond donors (Lipinski definition) is 2. The van der Waals surface area contributed by atoms with Crippen LogP contribution in [0.15, 0.2) is 60.9 Å². The smallest absolute Gasteiger partial charge is 0.240 e. The van der Waals surface area contributed by atoms with Crippen LogP contribution in [0.5, 0.6) is 0 Å². The van der Waals surface area contributed by atoms with Crippen molar-refractivity contribution in [3.63, 3.8) is 0 Å². The van der Waals surface area contributed by atoms with Crippen LogP contribution in [0.2, 0.25) is 0 Å². The van der Waals surface area contributed by atoms with Crippen LogP contribution in [0, 0.1) is 0 Å². The van der Waals surface area contributed by atoms with Crippen LogP contribution in [-0.2, 0) is 4.79 Å². The van der Waals surface area contributed by atoms with Crippen molar-refractivity contribution in [2.75, 3.05) is 12.3 Å². The van der Waals surface area contributed by atoms with E-state index in [1.54, 1.807) is 4.52 Å². The fraction of sp³-hybridized carbons (Fsp3) is 0.379. The zero-order chi connectivity index (χ0) is 24.9. The van der Waals surface area contributed by atoms with E-state index >= 15 is 0 Å². The third kappa shape index (κ3) is 3.87. The summed E-state index contributed by atoms with van der Waals surface area (Å²) < 4.78 is 1.71. The standard InChI is InChI=1S/C29H31N7O/c30-27-15-26(20-13-21-9-10-22(14-20)35(21)29(37)25-7-4-12-31-25)34-28-23(17-33-36(27)28)19-8-11-24(32-16-19)18-5-2-1-3-6-18/h1-3,5-6,8,11,15-17,20-22,25,31H,4,7,9-10,12-14,30H2/t20?,21-,22+,25-/m1/s1. The van der Waals surface area contributed by atoms with Gasteiger partial charge in [-0.3, -0.25) is 9.78 Å². The Morgan fingerprint density at radius 2 is 1.78 bits per heavy atom. The number of aromatic nitrogens is 4. The van der Waals surface area contributed by atoms with E-state index in [1.807, 2.05) is 42.7 Å². The molecule has 8 nitrogen and oxygen atoms in total. The van der Waals surface area contributed by atoms with Gasteiger partial charge in [0.25, 0.3) is 0 Å². The lowest BCUT2D eigenvalue weighted by molar-refractivity contribution is -0.137. The molecule has 188 valence electrons. The molecule has 37 heavy (non-hydrogen) atoms. The van der Waals surface area contributed by atoms with Crippen LogP contribution in [0.3, 0.4) is 0 Å². The molecule has 6 heterocycles. The molecule has 4 aromatic rings. The molecule has 0 spiro atoms. The molecule has 3 aliphatic heterocycles. The Morgan fingerprint density at radius 1 is 0.973 bits per heavy atom. The van der Waals surface area contributed by atoms with Crippen molar-refractivity contribution in [2.24, 2.45) is 0 Å². The number of benzene rings is 1. The van der Waals surface area contributed by atoms with Crippen LogP contribution in [0.25, 0.3) is 28.0 Å².